The minimum atomic E-state index is -0.706. The first-order valence-electron chi connectivity index (χ1n) is 42.1. The van der Waals surface area contributed by atoms with Gasteiger partial charge in [-0.3, -0.25) is 57.5 Å². The number of ketones is 4. The van der Waals surface area contributed by atoms with Crippen LogP contribution in [0, 0.1) is 11.3 Å². The number of aromatic amines is 5. The van der Waals surface area contributed by atoms with Crippen molar-refractivity contribution in [3.05, 3.63) is 221 Å². The summed E-state index contributed by atoms with van der Waals surface area (Å²) < 4.78 is 23.0. The summed E-state index contributed by atoms with van der Waals surface area (Å²) in [6, 6.07) is 37.8. The van der Waals surface area contributed by atoms with Crippen molar-refractivity contribution in [2.45, 2.75) is 29.7 Å². The van der Waals surface area contributed by atoms with Crippen LogP contribution in [0.2, 0.25) is 0 Å². The molecule has 139 heavy (non-hydrogen) atoms. The summed E-state index contributed by atoms with van der Waals surface area (Å²) >= 11 is 0. The number of benzene rings is 4. The number of fused-ring (bicyclic) bond motifs is 4. The highest BCUT2D eigenvalue weighted by Crippen LogP contribution is 2.38. The van der Waals surface area contributed by atoms with Gasteiger partial charge in [0.05, 0.1) is 126 Å². The van der Waals surface area contributed by atoms with Gasteiger partial charge in [-0.05, 0) is 69.4 Å². The third-order valence-corrected chi connectivity index (χ3v) is 23.0. The minimum absolute atomic E-state index is 0. The van der Waals surface area contributed by atoms with Gasteiger partial charge in [-0.1, -0.05) is 103 Å². The molecule has 4 fully saturated rings. The lowest BCUT2D eigenvalue weighted by atomic mass is 10.1. The molecule has 15 aromatic rings. The van der Waals surface area contributed by atoms with E-state index in [1.165, 1.54) is 107 Å². The van der Waals surface area contributed by atoms with Crippen LogP contribution in [0.1, 0.15) is 118 Å². The Balaban J connectivity index is 0.000000165. The highest BCUT2D eigenvalue weighted by molar-refractivity contribution is 6.47. The van der Waals surface area contributed by atoms with Crippen LogP contribution in [0.4, 0.5) is 0 Å². The van der Waals surface area contributed by atoms with Crippen LogP contribution >= 0.6 is 0 Å². The number of nitrogens with zero attached hydrogens (tertiary/aromatic N) is 24. The van der Waals surface area contributed by atoms with Gasteiger partial charge >= 0.3 is 0 Å². The van der Waals surface area contributed by atoms with Crippen LogP contribution in [0.5, 0.6) is 23.0 Å². The van der Waals surface area contributed by atoms with E-state index in [0.29, 0.717) is 164 Å². The maximum absolute atomic E-state index is 13.3. The monoisotopic (exact) mass is 1890 g/mol. The van der Waals surface area contributed by atoms with Crippen LogP contribution < -0.4 is 18.9 Å². The first kappa shape index (κ1) is 100.0. The summed E-state index contributed by atoms with van der Waals surface area (Å²) in [7, 11) is 9.11. The number of tetrazole rings is 3. The van der Waals surface area contributed by atoms with Crippen molar-refractivity contribution >= 4 is 114 Å². The number of ether oxygens (including phenoxy) is 4. The second kappa shape index (κ2) is 44.2. The summed E-state index contributed by atoms with van der Waals surface area (Å²) in [6.07, 6.45) is 11.5. The third kappa shape index (κ3) is 20.4. The molecule has 45 heteroatoms. The second-order valence-electron chi connectivity index (χ2n) is 30.7. The van der Waals surface area contributed by atoms with Gasteiger partial charge in [0.25, 0.3) is 70.4 Å². The molecule has 0 spiro atoms. The molecule has 0 radical (unpaired) electrons. The lowest BCUT2D eigenvalue weighted by Gasteiger charge is -2.34. The number of piperazine rings is 4. The molecule has 11 aromatic heterocycles. The first-order valence-corrected chi connectivity index (χ1v) is 42.1. The lowest BCUT2D eigenvalue weighted by molar-refractivity contribution is -0.128. The molecule has 0 aliphatic carbocycles. The summed E-state index contributed by atoms with van der Waals surface area (Å²) in [5, 5.41) is 48.1. The molecule has 0 bridgehead atoms. The van der Waals surface area contributed by atoms with Gasteiger partial charge in [-0.25, -0.2) is 24.6 Å². The zero-order chi connectivity index (χ0) is 94.7. The highest BCUT2D eigenvalue weighted by atomic mass is 16.5. The fraction of sp³-hybridized carbons (Fsp3) is 0.277. The Hall–Kier alpha value is -18.0. The maximum Gasteiger partial charge on any atom is 0.295 e. The molecule has 4 aliphatic heterocycles. The molecular formula is C94H99N29O16. The van der Waals surface area contributed by atoms with E-state index in [4.69, 9.17) is 18.9 Å². The van der Waals surface area contributed by atoms with Crippen molar-refractivity contribution in [1.29, 1.82) is 5.26 Å². The van der Waals surface area contributed by atoms with Gasteiger partial charge < -0.3 is 78.1 Å². The molecule has 45 nitrogen and oxygen atoms in total. The van der Waals surface area contributed by atoms with Crippen molar-refractivity contribution in [1.82, 2.24) is 140 Å². The number of carbonyl (C=O) groups excluding carboxylic acids is 12. The molecule has 0 unspecified atom stereocenters. The average molecular weight is 1890 g/mol. The topological polar surface area (TPSA) is 548 Å². The van der Waals surface area contributed by atoms with E-state index in [0.717, 1.165) is 0 Å². The van der Waals surface area contributed by atoms with Gasteiger partial charge in [-0.15, -0.1) is 25.5 Å². The molecule has 0 atom stereocenters. The Morgan fingerprint density at radius 3 is 0.914 bits per heavy atom. The van der Waals surface area contributed by atoms with E-state index < -0.39 is 46.8 Å². The summed E-state index contributed by atoms with van der Waals surface area (Å²) in [5.41, 5.74) is 6.01. The number of nitriles is 1. The fourth-order valence-corrected chi connectivity index (χ4v) is 16.0. The largest absolute Gasteiger partial charge is 0.494 e. The number of rotatable bonds is 19. The molecule has 5 N–H and O–H groups in total. The third-order valence-electron chi connectivity index (χ3n) is 23.0. The van der Waals surface area contributed by atoms with Gasteiger partial charge in [-0.2, -0.15) is 15.3 Å². The van der Waals surface area contributed by atoms with Crippen LogP contribution in [0.3, 0.4) is 0 Å². The number of methoxy groups -OCH3 is 4. The van der Waals surface area contributed by atoms with Gasteiger partial charge in [0, 0.05) is 159 Å². The van der Waals surface area contributed by atoms with Crippen LogP contribution in [0.15, 0.2) is 171 Å². The number of hydrogen-bond acceptors (Lipinski definition) is 30. The van der Waals surface area contributed by atoms with Crippen molar-refractivity contribution in [2.24, 2.45) is 14.1 Å². The van der Waals surface area contributed by atoms with E-state index >= 15 is 0 Å². The van der Waals surface area contributed by atoms with Crippen molar-refractivity contribution in [3.63, 3.8) is 0 Å². The van der Waals surface area contributed by atoms with E-state index in [9.17, 15) is 62.8 Å². The average Bonchev–Trinajstić information content (AvgIpc) is 1.63. The smallest absolute Gasteiger partial charge is 0.295 e. The molecular weight excluding hydrogens is 1790 g/mol. The predicted octanol–water partition coefficient (Wildman–Crippen LogP) is 6.93. The number of Topliss-reactive ketones (excluding diaryl/α,β-unsaturated/α-hetero) is 4. The van der Waals surface area contributed by atoms with Gasteiger partial charge in [0.2, 0.25) is 17.5 Å². The van der Waals surface area contributed by atoms with Crippen molar-refractivity contribution in [2.75, 3.05) is 133 Å². The maximum atomic E-state index is 13.3. The Kier molecular flexibility index (Phi) is 31.8. The highest BCUT2D eigenvalue weighted by Gasteiger charge is 2.38. The fourth-order valence-electron chi connectivity index (χ4n) is 16.0. The van der Waals surface area contributed by atoms with Crippen LogP contribution in [0.25, 0.3) is 78.2 Å². The molecule has 4 saturated heterocycles. The molecule has 716 valence electrons. The van der Waals surface area contributed by atoms with E-state index in [1.54, 1.807) is 106 Å². The number of nitrogens with one attached hydrogen (secondary N) is 5. The van der Waals surface area contributed by atoms with Crippen LogP contribution in [-0.4, -0.2) is 344 Å². The molecule has 15 heterocycles. The first-order chi connectivity index (χ1) is 65.6. The Bertz CT molecular complexity index is 7080. The number of H-pyrrole nitrogens is 5. The standard InChI is InChI=1S/2C23H22N8O4.C22H20N8O4.C22H19N5O4.4CH4/c1-29-21(26-27-28-29)19-18-17(16(35-2)13-25-19)15(12-24-18)20(32)23(34)31-10-8-30(9-11-31)22(33)14-6-4-3-5-7-14;1-29-27-21(26-28-29)19-18-17(16(35-2)13-25-19)15(12-24-18)20(32)23(34)31-10-8-30(9-11-31)22(33)14-6-4-3-5-7-14;1-34-15-12-24-18(20-25-27-28-26-20)17-16(15)14(11-23-17)19(31)22(33)30-9-7-29(8-10-30)21(32)13-5-3-2-4-6-13;1-31-17-13-24-16(11-23)19-18(17)15(12-25-19)20(28)22(30)27-9-7-26(8-10-27)21(29)14-5-3-2-4-6-14;;;;/h2*3-7,12-13,24H,8-11H2,1-2H3;2-6,11-12,23H,7-10H2,1H3,(H,25,26,27,28);2-6,12-13,25H,7-10H2,1H3;4*1H4. The molecule has 19 rings (SSSR count). The Morgan fingerprint density at radius 1 is 0.345 bits per heavy atom. The molecule has 0 saturated carbocycles. The second-order valence-corrected chi connectivity index (χ2v) is 30.7. The SMILES string of the molecule is C.C.C.C.COc1cnc(-c2nn[nH]n2)c2[nH]cc(C(=O)C(=O)N3CCN(C(=O)c4ccccc4)CC3)c12.COc1cnc(-c2nnn(C)n2)c2[nH]cc(C(=O)C(=O)N3CCN(C(=O)c4ccccc4)CC3)c12.COc1cnc(-c2nnnn2C)c2[nH]cc(C(=O)C(=O)N3CCN(C(=O)c4ccccc4)CC3)c12.COc1cnc(C#N)c2[nH]cc(C(=O)C(=O)N3CCN(C(=O)c4ccccc4)CC3)c12. The molecule has 4 aromatic carbocycles. The van der Waals surface area contributed by atoms with E-state index in [2.05, 4.69) is 91.4 Å². The normalized spacial score (nSPS) is 13.4. The number of carbonyl (C=O) groups is 12. The number of hydrogen-bond donors (Lipinski definition) is 5. The summed E-state index contributed by atoms with van der Waals surface area (Å²) in [4.78, 5) is 198. The summed E-state index contributed by atoms with van der Waals surface area (Å²) in [5.74, 6) is -3.51. The Morgan fingerprint density at radius 2 is 0.633 bits per heavy atom. The molecule has 4 aliphatic rings. The summed E-state index contributed by atoms with van der Waals surface area (Å²) in [6.45, 7) is 4.83. The number of aromatic nitrogens is 20. The number of pyridine rings is 4. The van der Waals surface area contributed by atoms with Crippen LogP contribution in [-0.2, 0) is 33.3 Å². The quantitative estimate of drug-likeness (QED) is 0.0404. The van der Waals surface area contributed by atoms with E-state index in [1.807, 2.05) is 54.6 Å². The number of amides is 8. The lowest BCUT2D eigenvalue weighted by Crippen LogP contribution is -2.52. The van der Waals surface area contributed by atoms with Crippen molar-refractivity contribution in [3.8, 4) is 63.6 Å². The molecule has 8 amide bonds. The van der Waals surface area contributed by atoms with Gasteiger partial charge in [0.1, 0.15) is 46.1 Å². The predicted molar refractivity (Wildman–Crippen MR) is 504 cm³/mol. The Labute approximate surface area is 793 Å². The zero-order valence-corrected chi connectivity index (χ0v) is 73.2. The van der Waals surface area contributed by atoms with Gasteiger partial charge in [0.15, 0.2) is 5.69 Å². The number of aryl methyl sites for hydroxylation is 2. The minimum Gasteiger partial charge on any atom is -0.494 e. The zero-order valence-electron chi connectivity index (χ0n) is 73.2. The van der Waals surface area contributed by atoms with E-state index in [-0.39, 0.29) is 145 Å². The van der Waals surface area contributed by atoms with Crippen molar-refractivity contribution < 1.29 is 76.5 Å².